The summed E-state index contributed by atoms with van der Waals surface area (Å²) in [6.07, 6.45) is 5.67. The largest absolute Gasteiger partial charge is 0.492 e. The van der Waals surface area contributed by atoms with E-state index in [0.29, 0.717) is 24.0 Å². The maximum atomic E-state index is 12.4. The van der Waals surface area contributed by atoms with Gasteiger partial charge in [-0.25, -0.2) is 4.79 Å². The van der Waals surface area contributed by atoms with E-state index in [9.17, 15) is 9.90 Å². The van der Waals surface area contributed by atoms with Gasteiger partial charge in [-0.1, -0.05) is 31.4 Å². The van der Waals surface area contributed by atoms with Crippen LogP contribution >= 0.6 is 0 Å². The molecule has 3 N–H and O–H groups in total. The van der Waals surface area contributed by atoms with Gasteiger partial charge in [-0.15, -0.1) is 0 Å². The molecule has 1 saturated carbocycles. The van der Waals surface area contributed by atoms with Crippen LogP contribution in [0.25, 0.3) is 0 Å². The summed E-state index contributed by atoms with van der Waals surface area (Å²) in [7, 11) is 0. The smallest absolute Gasteiger partial charge is 0.319 e. The van der Waals surface area contributed by atoms with E-state index in [1.54, 1.807) is 0 Å². The van der Waals surface area contributed by atoms with Crippen molar-refractivity contribution in [2.75, 3.05) is 18.5 Å². The van der Waals surface area contributed by atoms with Crippen molar-refractivity contribution < 1.29 is 14.6 Å². The van der Waals surface area contributed by atoms with E-state index in [-0.39, 0.29) is 12.6 Å². The molecule has 1 fully saturated rings. The SMILES string of the molecule is CCOc1ccccc1NC(=O)NC(C)(CO)C1CCCCC1. The van der Waals surface area contributed by atoms with Crippen LogP contribution in [-0.4, -0.2) is 29.9 Å². The zero-order valence-corrected chi connectivity index (χ0v) is 14.1. The zero-order valence-electron chi connectivity index (χ0n) is 14.1. The first kappa shape index (κ1) is 17.6. The lowest BCUT2D eigenvalue weighted by atomic mass is 9.76. The summed E-state index contributed by atoms with van der Waals surface area (Å²) in [5.74, 6) is 0.961. The molecule has 1 unspecified atom stereocenters. The molecule has 1 aliphatic rings. The number of hydrogen-bond acceptors (Lipinski definition) is 3. The van der Waals surface area contributed by atoms with Crippen LogP contribution in [0.3, 0.4) is 0 Å². The van der Waals surface area contributed by atoms with Crippen molar-refractivity contribution in [3.63, 3.8) is 0 Å². The van der Waals surface area contributed by atoms with E-state index < -0.39 is 5.54 Å². The second kappa shape index (κ2) is 8.20. The Kier molecular flexibility index (Phi) is 6.28. The molecule has 5 nitrogen and oxygen atoms in total. The molecule has 0 aliphatic heterocycles. The highest BCUT2D eigenvalue weighted by Crippen LogP contribution is 2.32. The number of carbonyl (C=O) groups is 1. The fourth-order valence-corrected chi connectivity index (χ4v) is 3.27. The Morgan fingerprint density at radius 2 is 2.00 bits per heavy atom. The van der Waals surface area contributed by atoms with Crippen molar-refractivity contribution >= 4 is 11.7 Å². The van der Waals surface area contributed by atoms with Gasteiger partial charge < -0.3 is 20.5 Å². The molecule has 0 saturated heterocycles. The van der Waals surface area contributed by atoms with Gasteiger partial charge >= 0.3 is 6.03 Å². The van der Waals surface area contributed by atoms with E-state index in [4.69, 9.17) is 4.74 Å². The Bertz CT molecular complexity index is 515. The summed E-state index contributed by atoms with van der Waals surface area (Å²) in [6.45, 7) is 4.31. The monoisotopic (exact) mass is 320 g/mol. The first-order valence-electron chi connectivity index (χ1n) is 8.51. The quantitative estimate of drug-likeness (QED) is 0.751. The molecule has 0 bridgehead atoms. The topological polar surface area (TPSA) is 70.6 Å². The third kappa shape index (κ3) is 4.61. The Labute approximate surface area is 138 Å². The minimum Gasteiger partial charge on any atom is -0.492 e. The standard InChI is InChI=1S/C18H28N2O3/c1-3-23-16-12-8-7-11-15(16)19-17(22)20-18(2,13-21)14-9-5-4-6-10-14/h7-8,11-12,14,21H,3-6,9-10,13H2,1-2H3,(H2,19,20,22). The molecule has 128 valence electrons. The first-order chi connectivity index (χ1) is 11.1. The van der Waals surface area contributed by atoms with Gasteiger partial charge in [0.1, 0.15) is 5.75 Å². The van der Waals surface area contributed by atoms with Crippen molar-refractivity contribution in [3.05, 3.63) is 24.3 Å². The highest BCUT2D eigenvalue weighted by molar-refractivity contribution is 5.91. The van der Waals surface area contributed by atoms with Crippen LogP contribution < -0.4 is 15.4 Å². The normalized spacial score (nSPS) is 18.0. The van der Waals surface area contributed by atoms with Gasteiger partial charge in [0, 0.05) is 0 Å². The van der Waals surface area contributed by atoms with Crippen LogP contribution in [0, 0.1) is 5.92 Å². The molecule has 0 radical (unpaired) electrons. The molecule has 1 atom stereocenters. The number of ether oxygens (including phenoxy) is 1. The number of urea groups is 1. The predicted molar refractivity (Wildman–Crippen MR) is 91.8 cm³/mol. The highest BCUT2D eigenvalue weighted by Gasteiger charge is 2.35. The molecule has 23 heavy (non-hydrogen) atoms. The number of nitrogens with one attached hydrogen (secondary N) is 2. The molecule has 2 rings (SSSR count). The number of aliphatic hydroxyl groups excluding tert-OH is 1. The van der Waals surface area contributed by atoms with E-state index in [1.165, 1.54) is 6.42 Å². The molecule has 0 aromatic heterocycles. The van der Waals surface area contributed by atoms with Crippen molar-refractivity contribution in [2.45, 2.75) is 51.5 Å². The summed E-state index contributed by atoms with van der Waals surface area (Å²) in [5.41, 5.74) is 0.0428. The minimum atomic E-state index is -0.592. The number of carbonyl (C=O) groups excluding carboxylic acids is 1. The summed E-state index contributed by atoms with van der Waals surface area (Å²) < 4.78 is 5.52. The van der Waals surface area contributed by atoms with Gasteiger partial charge in [0.05, 0.1) is 24.4 Å². The maximum absolute atomic E-state index is 12.4. The molecule has 1 aliphatic carbocycles. The summed E-state index contributed by atoms with van der Waals surface area (Å²) in [4.78, 5) is 12.4. The summed E-state index contributed by atoms with van der Waals surface area (Å²) in [6, 6.07) is 7.05. The average Bonchev–Trinajstić information content (AvgIpc) is 2.57. The highest BCUT2D eigenvalue weighted by atomic mass is 16.5. The van der Waals surface area contributed by atoms with Crippen LogP contribution in [0.15, 0.2) is 24.3 Å². The number of rotatable bonds is 6. The number of amides is 2. The van der Waals surface area contributed by atoms with Crippen molar-refractivity contribution in [1.29, 1.82) is 0 Å². The lowest BCUT2D eigenvalue weighted by Crippen LogP contribution is -2.55. The number of benzene rings is 1. The molecule has 5 heteroatoms. The average molecular weight is 320 g/mol. The van der Waals surface area contributed by atoms with Crippen LogP contribution in [0.2, 0.25) is 0 Å². The molecule has 1 aromatic carbocycles. The Balaban J connectivity index is 2.02. The van der Waals surface area contributed by atoms with Gasteiger partial charge in [0.15, 0.2) is 0 Å². The zero-order chi connectivity index (χ0) is 16.7. The Morgan fingerprint density at radius 1 is 1.30 bits per heavy atom. The number of anilines is 1. The lowest BCUT2D eigenvalue weighted by Gasteiger charge is -2.39. The van der Waals surface area contributed by atoms with E-state index in [1.807, 2.05) is 38.1 Å². The fraction of sp³-hybridized carbons (Fsp3) is 0.611. The third-order valence-corrected chi connectivity index (χ3v) is 4.67. The lowest BCUT2D eigenvalue weighted by molar-refractivity contribution is 0.103. The second-order valence-electron chi connectivity index (χ2n) is 6.42. The number of hydrogen-bond donors (Lipinski definition) is 3. The Morgan fingerprint density at radius 3 is 2.65 bits per heavy atom. The molecule has 1 aromatic rings. The molecule has 0 heterocycles. The van der Waals surface area contributed by atoms with Crippen molar-refractivity contribution in [3.8, 4) is 5.75 Å². The van der Waals surface area contributed by atoms with E-state index >= 15 is 0 Å². The predicted octanol–water partition coefficient (Wildman–Crippen LogP) is 3.54. The number of aliphatic hydroxyl groups is 1. The molecular weight excluding hydrogens is 292 g/mol. The van der Waals surface area contributed by atoms with Gasteiger partial charge in [0.25, 0.3) is 0 Å². The van der Waals surface area contributed by atoms with E-state index in [0.717, 1.165) is 25.7 Å². The molecule has 0 spiro atoms. The summed E-state index contributed by atoms with van der Waals surface area (Å²) >= 11 is 0. The van der Waals surface area contributed by atoms with Crippen molar-refractivity contribution in [2.24, 2.45) is 5.92 Å². The van der Waals surface area contributed by atoms with Crippen molar-refractivity contribution in [1.82, 2.24) is 5.32 Å². The van der Waals surface area contributed by atoms with Crippen LogP contribution in [0.4, 0.5) is 10.5 Å². The summed E-state index contributed by atoms with van der Waals surface area (Å²) in [5, 5.41) is 15.6. The molecular formula is C18H28N2O3. The van der Waals surface area contributed by atoms with Crippen LogP contribution in [0.5, 0.6) is 5.75 Å². The van der Waals surface area contributed by atoms with Gasteiger partial charge in [-0.2, -0.15) is 0 Å². The first-order valence-corrected chi connectivity index (χ1v) is 8.51. The van der Waals surface area contributed by atoms with Crippen LogP contribution in [0.1, 0.15) is 46.0 Å². The minimum absolute atomic E-state index is 0.0573. The second-order valence-corrected chi connectivity index (χ2v) is 6.42. The van der Waals surface area contributed by atoms with E-state index in [2.05, 4.69) is 10.6 Å². The van der Waals surface area contributed by atoms with Crippen LogP contribution in [-0.2, 0) is 0 Å². The Hall–Kier alpha value is -1.75. The van der Waals surface area contributed by atoms with Gasteiger partial charge in [0.2, 0.25) is 0 Å². The maximum Gasteiger partial charge on any atom is 0.319 e. The van der Waals surface area contributed by atoms with Gasteiger partial charge in [-0.05, 0) is 44.7 Å². The fourth-order valence-electron chi connectivity index (χ4n) is 3.27. The third-order valence-electron chi connectivity index (χ3n) is 4.67. The van der Waals surface area contributed by atoms with Gasteiger partial charge in [-0.3, -0.25) is 0 Å². The number of para-hydroxylation sites is 2. The molecule has 2 amide bonds.